The molecule has 158 valence electrons. The van der Waals surface area contributed by atoms with Gasteiger partial charge in [0.1, 0.15) is 5.69 Å². The molecule has 1 saturated carbocycles. The summed E-state index contributed by atoms with van der Waals surface area (Å²) >= 11 is 0. The van der Waals surface area contributed by atoms with Crippen LogP contribution in [0, 0.1) is 0 Å². The first-order valence-corrected chi connectivity index (χ1v) is 10.5. The summed E-state index contributed by atoms with van der Waals surface area (Å²) in [6, 6.07) is 2.34. The maximum absolute atomic E-state index is 9.81. The van der Waals surface area contributed by atoms with Gasteiger partial charge >= 0.3 is 0 Å². The minimum Gasteiger partial charge on any atom is -0.480 e. The highest BCUT2D eigenvalue weighted by atomic mass is 16.5. The van der Waals surface area contributed by atoms with E-state index in [1.165, 1.54) is 5.56 Å². The van der Waals surface area contributed by atoms with E-state index in [4.69, 9.17) is 14.7 Å². The number of likely N-dealkylation sites (N-methyl/N-ethyl adjacent to an activating group) is 1. The van der Waals surface area contributed by atoms with Gasteiger partial charge in [0, 0.05) is 25.7 Å². The molecule has 0 amide bonds. The average Bonchev–Trinajstić information content (AvgIpc) is 3.17. The Kier molecular flexibility index (Phi) is 5.00. The molecule has 2 aliphatic rings. The van der Waals surface area contributed by atoms with Crippen molar-refractivity contribution < 1.29 is 9.84 Å². The van der Waals surface area contributed by atoms with E-state index in [2.05, 4.69) is 33.4 Å². The molecule has 0 atom stereocenters. The summed E-state index contributed by atoms with van der Waals surface area (Å²) in [5, 5.41) is 18.6. The van der Waals surface area contributed by atoms with Crippen molar-refractivity contribution in [2.45, 2.75) is 50.8 Å². The van der Waals surface area contributed by atoms with Crippen LogP contribution in [0.2, 0.25) is 0 Å². The van der Waals surface area contributed by atoms with E-state index in [0.29, 0.717) is 11.8 Å². The first-order valence-electron chi connectivity index (χ1n) is 10.5. The van der Waals surface area contributed by atoms with Crippen LogP contribution in [0.1, 0.15) is 43.0 Å². The van der Waals surface area contributed by atoms with Crippen LogP contribution in [0.4, 0.5) is 11.6 Å². The highest BCUT2D eigenvalue weighted by Gasteiger charge is 2.24. The molecule has 0 aromatic carbocycles. The van der Waals surface area contributed by atoms with Gasteiger partial charge in [-0.2, -0.15) is 10.1 Å². The molecule has 1 fully saturated rings. The number of rotatable bonds is 4. The molecule has 5 rings (SSSR count). The molecule has 0 saturated heterocycles. The van der Waals surface area contributed by atoms with Gasteiger partial charge in [-0.3, -0.25) is 0 Å². The molecule has 9 nitrogen and oxygen atoms in total. The zero-order valence-electron chi connectivity index (χ0n) is 17.4. The Morgan fingerprint density at radius 3 is 2.80 bits per heavy atom. The summed E-state index contributed by atoms with van der Waals surface area (Å²) in [4.78, 5) is 16.2. The first kappa shape index (κ1) is 19.2. The molecule has 0 unspecified atom stereocenters. The van der Waals surface area contributed by atoms with Gasteiger partial charge < -0.3 is 20.1 Å². The van der Waals surface area contributed by atoms with E-state index in [1.54, 1.807) is 19.5 Å². The third-order valence-corrected chi connectivity index (χ3v) is 6.11. The number of methoxy groups -OCH3 is 1. The van der Waals surface area contributed by atoms with Crippen molar-refractivity contribution in [1.29, 1.82) is 0 Å². The van der Waals surface area contributed by atoms with Crippen LogP contribution in [-0.2, 0) is 13.0 Å². The Balaban J connectivity index is 1.46. The van der Waals surface area contributed by atoms with E-state index in [1.807, 2.05) is 4.68 Å². The highest BCUT2D eigenvalue weighted by molar-refractivity contribution is 5.75. The Hall–Kier alpha value is -2.78. The summed E-state index contributed by atoms with van der Waals surface area (Å²) in [6.07, 6.45) is 7.72. The number of fused-ring (bicyclic) bond motifs is 2. The topological polar surface area (TPSA) is 101 Å². The number of aromatic nitrogens is 5. The van der Waals surface area contributed by atoms with Crippen LogP contribution in [0.15, 0.2) is 18.5 Å². The van der Waals surface area contributed by atoms with Gasteiger partial charge in [0.05, 0.1) is 36.5 Å². The van der Waals surface area contributed by atoms with Gasteiger partial charge in [0.2, 0.25) is 11.8 Å². The zero-order valence-corrected chi connectivity index (χ0v) is 17.4. The fourth-order valence-corrected chi connectivity index (χ4v) is 4.43. The maximum Gasteiger partial charge on any atom is 0.237 e. The molecule has 0 spiro atoms. The molecule has 0 bridgehead atoms. The molecular formula is C21H27N7O2. The second-order valence-corrected chi connectivity index (χ2v) is 8.29. The summed E-state index contributed by atoms with van der Waals surface area (Å²) in [6.45, 7) is 1.86. The predicted molar refractivity (Wildman–Crippen MR) is 113 cm³/mol. The first-order chi connectivity index (χ1) is 14.6. The van der Waals surface area contributed by atoms with Crippen molar-refractivity contribution in [2.24, 2.45) is 0 Å². The fourth-order valence-electron chi connectivity index (χ4n) is 4.43. The van der Waals surface area contributed by atoms with E-state index < -0.39 is 0 Å². The SMILES string of the molecule is COc1nc2c(cc1Nc1ncc3cnn([C@H]4CC[C@H](O)CC4)c3n1)CN(C)CC2. The van der Waals surface area contributed by atoms with Crippen LogP contribution in [-0.4, -0.2) is 61.5 Å². The van der Waals surface area contributed by atoms with E-state index >= 15 is 0 Å². The van der Waals surface area contributed by atoms with Gasteiger partial charge in [0.25, 0.3) is 0 Å². The number of ether oxygens (including phenoxy) is 1. The van der Waals surface area contributed by atoms with Crippen LogP contribution in [0.25, 0.3) is 11.0 Å². The quantitative estimate of drug-likeness (QED) is 0.678. The molecule has 30 heavy (non-hydrogen) atoms. The summed E-state index contributed by atoms with van der Waals surface area (Å²) in [5.41, 5.74) is 3.85. The van der Waals surface area contributed by atoms with Crippen molar-refractivity contribution in [1.82, 2.24) is 29.6 Å². The standard InChI is InChI=1S/C21H27N7O2/c1-27-8-7-17-13(12-27)9-18(20(24-17)30-2)25-21-22-10-14-11-23-28(19(14)26-21)15-3-5-16(29)6-4-15/h9-11,15-16,29H,3-8,12H2,1-2H3,(H,22,25,26)/t15-,16-. The summed E-state index contributed by atoms with van der Waals surface area (Å²) in [7, 11) is 3.74. The largest absolute Gasteiger partial charge is 0.480 e. The van der Waals surface area contributed by atoms with Crippen molar-refractivity contribution in [3.8, 4) is 5.88 Å². The lowest BCUT2D eigenvalue weighted by Gasteiger charge is -2.26. The Morgan fingerprint density at radius 2 is 2.00 bits per heavy atom. The zero-order chi connectivity index (χ0) is 20.7. The lowest BCUT2D eigenvalue weighted by molar-refractivity contribution is 0.109. The Morgan fingerprint density at radius 1 is 1.17 bits per heavy atom. The van der Waals surface area contributed by atoms with Crippen LogP contribution < -0.4 is 10.1 Å². The third-order valence-electron chi connectivity index (χ3n) is 6.11. The minimum atomic E-state index is -0.196. The highest BCUT2D eigenvalue weighted by Crippen LogP contribution is 2.32. The summed E-state index contributed by atoms with van der Waals surface area (Å²) < 4.78 is 7.51. The van der Waals surface area contributed by atoms with Gasteiger partial charge in [-0.05, 0) is 44.4 Å². The van der Waals surface area contributed by atoms with Crippen molar-refractivity contribution in [3.63, 3.8) is 0 Å². The monoisotopic (exact) mass is 409 g/mol. The van der Waals surface area contributed by atoms with Crippen molar-refractivity contribution >= 4 is 22.7 Å². The molecule has 9 heteroatoms. The van der Waals surface area contributed by atoms with Crippen LogP contribution >= 0.6 is 0 Å². The minimum absolute atomic E-state index is 0.196. The number of nitrogens with zero attached hydrogens (tertiary/aromatic N) is 6. The third kappa shape index (κ3) is 3.59. The number of pyridine rings is 1. The molecule has 0 radical (unpaired) electrons. The molecule has 3 aromatic rings. The Bertz CT molecular complexity index is 1060. The normalized spacial score (nSPS) is 22.1. The average molecular weight is 409 g/mol. The fraction of sp³-hybridized carbons (Fsp3) is 0.524. The van der Waals surface area contributed by atoms with Crippen LogP contribution in [0.5, 0.6) is 5.88 Å². The number of aliphatic hydroxyl groups excluding tert-OH is 1. The number of hydrogen-bond acceptors (Lipinski definition) is 8. The van der Waals surface area contributed by atoms with E-state index in [-0.39, 0.29) is 12.1 Å². The Labute approximate surface area is 175 Å². The maximum atomic E-state index is 9.81. The number of nitrogens with one attached hydrogen (secondary N) is 1. The van der Waals surface area contributed by atoms with E-state index in [9.17, 15) is 5.11 Å². The smallest absolute Gasteiger partial charge is 0.237 e. The second kappa shape index (κ2) is 7.81. The van der Waals surface area contributed by atoms with Crippen molar-refractivity contribution in [3.05, 3.63) is 29.7 Å². The number of hydrogen-bond donors (Lipinski definition) is 2. The van der Waals surface area contributed by atoms with Gasteiger partial charge in [-0.25, -0.2) is 14.6 Å². The van der Waals surface area contributed by atoms with Gasteiger partial charge in [0.15, 0.2) is 5.65 Å². The van der Waals surface area contributed by atoms with Gasteiger partial charge in [-0.15, -0.1) is 0 Å². The molecule has 1 aliphatic heterocycles. The molecule has 4 heterocycles. The lowest BCUT2D eigenvalue weighted by Crippen LogP contribution is -2.27. The van der Waals surface area contributed by atoms with Crippen LogP contribution in [0.3, 0.4) is 0 Å². The lowest BCUT2D eigenvalue weighted by atomic mass is 9.93. The molecule has 3 aromatic heterocycles. The second-order valence-electron chi connectivity index (χ2n) is 8.29. The molecular weight excluding hydrogens is 382 g/mol. The molecule has 2 N–H and O–H groups in total. The number of anilines is 2. The van der Waals surface area contributed by atoms with E-state index in [0.717, 1.165) is 67.6 Å². The molecule has 1 aliphatic carbocycles. The number of aliphatic hydroxyl groups is 1. The van der Waals surface area contributed by atoms with Gasteiger partial charge in [-0.1, -0.05) is 0 Å². The summed E-state index contributed by atoms with van der Waals surface area (Å²) in [5.74, 6) is 1.04. The van der Waals surface area contributed by atoms with Crippen molar-refractivity contribution in [2.75, 3.05) is 26.0 Å². The predicted octanol–water partition coefficient (Wildman–Crippen LogP) is 2.44.